The molecule has 1 fully saturated rings. The molecule has 0 spiro atoms. The molecule has 1 aromatic rings. The summed E-state index contributed by atoms with van der Waals surface area (Å²) in [6, 6.07) is 0. The fraction of sp³-hybridized carbons (Fsp3) is 0.667. The second-order valence-electron chi connectivity index (χ2n) is 6.33. The quantitative estimate of drug-likeness (QED) is 0.801. The molecule has 2 rings (SSSR count). The van der Waals surface area contributed by atoms with Crippen molar-refractivity contribution in [3.8, 4) is 0 Å². The van der Waals surface area contributed by atoms with Crippen LogP contribution in [0.4, 0.5) is 0 Å². The Hall–Kier alpha value is -1.12. The molecular formula is C12H18ClN3O4S. The Kier molecular flexibility index (Phi) is 4.32. The minimum Gasteiger partial charge on any atom is -0.341 e. The fourth-order valence-electron chi connectivity index (χ4n) is 1.75. The highest BCUT2D eigenvalue weighted by Crippen LogP contribution is 2.44. The zero-order valence-corrected chi connectivity index (χ0v) is 13.6. The number of aromatic nitrogens is 1. The third-order valence-corrected chi connectivity index (χ3v) is 4.47. The lowest BCUT2D eigenvalue weighted by Gasteiger charge is -2.17. The number of halogens is 1. The van der Waals surface area contributed by atoms with Gasteiger partial charge in [0.05, 0.1) is 0 Å². The lowest BCUT2D eigenvalue weighted by molar-refractivity contribution is -0.123. The van der Waals surface area contributed by atoms with E-state index in [4.69, 9.17) is 16.1 Å². The van der Waals surface area contributed by atoms with Crippen molar-refractivity contribution in [3.63, 3.8) is 0 Å². The summed E-state index contributed by atoms with van der Waals surface area (Å²) in [4.78, 5) is 13.6. The summed E-state index contributed by atoms with van der Waals surface area (Å²) in [5.74, 6) is -0.273. The van der Waals surface area contributed by atoms with E-state index < -0.39 is 21.0 Å². The molecule has 1 aromatic heterocycles. The molecule has 9 heteroatoms. The summed E-state index contributed by atoms with van der Waals surface area (Å²) >= 11 is 5.98. The topological polar surface area (TPSA) is 101 Å². The first kappa shape index (κ1) is 16.3. The minimum absolute atomic E-state index is 0.0185. The van der Waals surface area contributed by atoms with Gasteiger partial charge in [-0.05, 0) is 18.3 Å². The molecule has 2 N–H and O–H groups in total. The first-order chi connectivity index (χ1) is 9.60. The lowest BCUT2D eigenvalue weighted by atomic mass is 9.92. The number of carbonyl (C=O) groups is 1. The van der Waals surface area contributed by atoms with Gasteiger partial charge in [0.15, 0.2) is 0 Å². The molecule has 7 nitrogen and oxygen atoms in total. The molecule has 1 aliphatic carbocycles. The van der Waals surface area contributed by atoms with Gasteiger partial charge in [0, 0.05) is 12.3 Å². The van der Waals surface area contributed by atoms with Gasteiger partial charge < -0.3 is 4.52 Å². The third-order valence-electron chi connectivity index (χ3n) is 2.85. The Morgan fingerprint density at radius 1 is 1.43 bits per heavy atom. The Labute approximate surface area is 128 Å². The van der Waals surface area contributed by atoms with Crippen LogP contribution in [-0.4, -0.2) is 19.5 Å². The standard InChI is InChI=1S/C12H18ClN3O4S/c1-12(2,3)6-8(17)14-16-21(18,19)11-9(13)10(15-20-11)7-4-5-7/h7,16H,4-6H2,1-3H3,(H,14,17). The van der Waals surface area contributed by atoms with Crippen LogP contribution in [0.25, 0.3) is 0 Å². The summed E-state index contributed by atoms with van der Waals surface area (Å²) in [7, 11) is -4.07. The number of rotatable bonds is 5. The van der Waals surface area contributed by atoms with E-state index in [2.05, 4.69) is 10.6 Å². The van der Waals surface area contributed by atoms with Gasteiger partial charge in [-0.25, -0.2) is 8.42 Å². The minimum atomic E-state index is -4.07. The Morgan fingerprint density at radius 2 is 2.05 bits per heavy atom. The predicted octanol–water partition coefficient (Wildman–Crippen LogP) is 1.95. The Bertz CT molecular complexity index is 644. The van der Waals surface area contributed by atoms with E-state index in [0.29, 0.717) is 5.69 Å². The first-order valence-corrected chi connectivity index (χ1v) is 8.42. The fourth-order valence-corrected chi connectivity index (χ4v) is 3.09. The van der Waals surface area contributed by atoms with Gasteiger partial charge in [-0.1, -0.05) is 37.5 Å². The third kappa shape index (κ3) is 4.18. The molecule has 0 unspecified atom stereocenters. The predicted molar refractivity (Wildman–Crippen MR) is 76.0 cm³/mol. The molecule has 1 saturated carbocycles. The average Bonchev–Trinajstić information content (AvgIpc) is 3.08. The first-order valence-electron chi connectivity index (χ1n) is 6.56. The van der Waals surface area contributed by atoms with Crippen LogP contribution in [0.3, 0.4) is 0 Å². The van der Waals surface area contributed by atoms with Crippen molar-refractivity contribution in [1.82, 2.24) is 15.4 Å². The van der Waals surface area contributed by atoms with Crippen LogP contribution < -0.4 is 10.3 Å². The highest BCUT2D eigenvalue weighted by molar-refractivity contribution is 7.89. The van der Waals surface area contributed by atoms with Crippen molar-refractivity contribution < 1.29 is 17.7 Å². The van der Waals surface area contributed by atoms with Gasteiger partial charge in [-0.3, -0.25) is 10.2 Å². The molecule has 0 saturated heterocycles. The second kappa shape index (κ2) is 5.58. The van der Waals surface area contributed by atoms with Crippen molar-refractivity contribution in [2.24, 2.45) is 5.41 Å². The van der Waals surface area contributed by atoms with Gasteiger partial charge >= 0.3 is 0 Å². The highest BCUT2D eigenvalue weighted by atomic mass is 35.5. The second-order valence-corrected chi connectivity index (χ2v) is 8.29. The molecule has 0 atom stereocenters. The summed E-state index contributed by atoms with van der Waals surface area (Å²) < 4.78 is 28.9. The van der Waals surface area contributed by atoms with Crippen LogP contribution in [0.5, 0.6) is 0 Å². The monoisotopic (exact) mass is 335 g/mol. The molecule has 0 aliphatic heterocycles. The zero-order chi connectivity index (χ0) is 15.8. The molecule has 0 aromatic carbocycles. The van der Waals surface area contributed by atoms with Crippen molar-refractivity contribution in [2.45, 2.75) is 51.0 Å². The van der Waals surface area contributed by atoms with Gasteiger partial charge in [0.25, 0.3) is 15.1 Å². The van der Waals surface area contributed by atoms with E-state index in [1.807, 2.05) is 25.6 Å². The molecule has 21 heavy (non-hydrogen) atoms. The van der Waals surface area contributed by atoms with Crippen LogP contribution in [0.1, 0.15) is 51.6 Å². The normalized spacial score (nSPS) is 16.0. The molecule has 1 aliphatic rings. The number of nitrogens with one attached hydrogen (secondary N) is 2. The van der Waals surface area contributed by atoms with Crippen LogP contribution in [0, 0.1) is 5.41 Å². The summed E-state index contributed by atoms with van der Waals surface area (Å²) in [5.41, 5.74) is 2.34. The maximum absolute atomic E-state index is 12.0. The van der Waals surface area contributed by atoms with Gasteiger partial charge in [0.2, 0.25) is 5.91 Å². The largest absolute Gasteiger partial charge is 0.341 e. The maximum atomic E-state index is 12.0. The molecule has 118 valence electrons. The molecule has 0 radical (unpaired) electrons. The highest BCUT2D eigenvalue weighted by Gasteiger charge is 2.35. The van der Waals surface area contributed by atoms with Gasteiger partial charge in [-0.15, -0.1) is 4.83 Å². The number of carbonyl (C=O) groups excluding carboxylic acids is 1. The molecule has 0 bridgehead atoms. The van der Waals surface area contributed by atoms with Crippen molar-refractivity contribution in [3.05, 3.63) is 10.7 Å². The summed E-state index contributed by atoms with van der Waals surface area (Å²) in [5, 5.41) is 3.20. The summed E-state index contributed by atoms with van der Waals surface area (Å²) in [6.07, 6.45) is 2.01. The van der Waals surface area contributed by atoms with Crippen molar-refractivity contribution in [2.75, 3.05) is 0 Å². The molecule has 1 amide bonds. The van der Waals surface area contributed by atoms with E-state index in [-0.39, 0.29) is 22.8 Å². The van der Waals surface area contributed by atoms with Crippen LogP contribution in [-0.2, 0) is 14.8 Å². The van der Waals surface area contributed by atoms with E-state index in [1.54, 1.807) is 0 Å². The van der Waals surface area contributed by atoms with Gasteiger partial charge in [-0.2, -0.15) is 0 Å². The molecular weight excluding hydrogens is 318 g/mol. The number of amides is 1. The Morgan fingerprint density at radius 3 is 2.57 bits per heavy atom. The molecule has 1 heterocycles. The number of sulfonamides is 1. The van der Waals surface area contributed by atoms with Crippen LogP contribution in [0.15, 0.2) is 9.62 Å². The zero-order valence-electron chi connectivity index (χ0n) is 12.1. The Balaban J connectivity index is 2.03. The van der Waals surface area contributed by atoms with Crippen molar-refractivity contribution >= 4 is 27.5 Å². The van der Waals surface area contributed by atoms with Crippen molar-refractivity contribution in [1.29, 1.82) is 0 Å². The van der Waals surface area contributed by atoms with Gasteiger partial charge in [0.1, 0.15) is 10.7 Å². The van der Waals surface area contributed by atoms with Crippen LogP contribution >= 0.6 is 11.6 Å². The number of hydrogen-bond acceptors (Lipinski definition) is 5. The maximum Gasteiger partial charge on any atom is 0.295 e. The summed E-state index contributed by atoms with van der Waals surface area (Å²) in [6.45, 7) is 5.61. The van der Waals surface area contributed by atoms with E-state index in [1.165, 1.54) is 0 Å². The van der Waals surface area contributed by atoms with E-state index in [9.17, 15) is 13.2 Å². The number of nitrogens with zero attached hydrogens (tertiary/aromatic N) is 1. The van der Waals surface area contributed by atoms with Crippen LogP contribution in [0.2, 0.25) is 5.02 Å². The average molecular weight is 336 g/mol. The number of hydrogen-bond donors (Lipinski definition) is 2. The lowest BCUT2D eigenvalue weighted by Crippen LogP contribution is -2.42. The SMILES string of the molecule is CC(C)(C)CC(=O)NNS(=O)(=O)c1onc(C2CC2)c1Cl. The van der Waals surface area contributed by atoms with E-state index in [0.717, 1.165) is 12.8 Å². The number of hydrazine groups is 1. The van der Waals surface area contributed by atoms with E-state index >= 15 is 0 Å². The smallest absolute Gasteiger partial charge is 0.295 e.